The molecule has 98 valence electrons. The van der Waals surface area contributed by atoms with Crippen molar-refractivity contribution >= 4 is 11.3 Å². The minimum atomic E-state index is -0.137. The van der Waals surface area contributed by atoms with Crippen molar-refractivity contribution in [3.05, 3.63) is 34.8 Å². The predicted molar refractivity (Wildman–Crippen MR) is 77.5 cm³/mol. The number of nitrogens with zero attached hydrogens (tertiary/aromatic N) is 2. The van der Waals surface area contributed by atoms with Crippen molar-refractivity contribution in [1.29, 1.82) is 5.26 Å². The van der Waals surface area contributed by atoms with E-state index in [1.165, 1.54) is 11.3 Å². The molecular formula is C15H16N2OS. The summed E-state index contributed by atoms with van der Waals surface area (Å²) in [4.78, 5) is 5.32. The maximum atomic E-state index is 9.26. The fraction of sp³-hybridized carbons (Fsp3) is 0.333. The van der Waals surface area contributed by atoms with Crippen LogP contribution in [0.2, 0.25) is 0 Å². The van der Waals surface area contributed by atoms with Crippen LogP contribution < -0.4 is 4.74 Å². The van der Waals surface area contributed by atoms with Gasteiger partial charge in [0.1, 0.15) is 21.7 Å². The Hall–Kier alpha value is -1.86. The summed E-state index contributed by atoms with van der Waals surface area (Å²) in [7, 11) is 1.64. The molecule has 0 aliphatic rings. The summed E-state index contributed by atoms with van der Waals surface area (Å²) in [6.07, 6.45) is 0. The van der Waals surface area contributed by atoms with E-state index in [4.69, 9.17) is 4.74 Å². The number of hydrogen-bond acceptors (Lipinski definition) is 4. The van der Waals surface area contributed by atoms with Crippen LogP contribution in [0.4, 0.5) is 0 Å². The van der Waals surface area contributed by atoms with E-state index >= 15 is 0 Å². The highest BCUT2D eigenvalue weighted by Gasteiger charge is 2.24. The summed E-state index contributed by atoms with van der Waals surface area (Å²) in [5.74, 6) is 0.779. The van der Waals surface area contributed by atoms with E-state index in [-0.39, 0.29) is 5.41 Å². The van der Waals surface area contributed by atoms with Gasteiger partial charge in [0.2, 0.25) is 0 Å². The summed E-state index contributed by atoms with van der Waals surface area (Å²) in [5.41, 5.74) is 1.64. The average Bonchev–Trinajstić information content (AvgIpc) is 2.82. The normalized spacial score (nSPS) is 11.1. The van der Waals surface area contributed by atoms with Crippen molar-refractivity contribution in [3.63, 3.8) is 0 Å². The maximum Gasteiger partial charge on any atom is 0.129 e. The number of para-hydroxylation sites is 1. The van der Waals surface area contributed by atoms with Crippen molar-refractivity contribution in [2.45, 2.75) is 26.2 Å². The highest BCUT2D eigenvalue weighted by Crippen LogP contribution is 2.37. The van der Waals surface area contributed by atoms with Crippen LogP contribution >= 0.6 is 11.3 Å². The number of nitriles is 1. The van der Waals surface area contributed by atoms with Gasteiger partial charge in [-0.25, -0.2) is 4.98 Å². The smallest absolute Gasteiger partial charge is 0.129 e. The Bertz CT molecular complexity index is 632. The number of thiazole rings is 1. The molecule has 2 rings (SSSR count). The molecule has 0 radical (unpaired) electrons. The number of ether oxygens (including phenoxy) is 1. The molecule has 1 aromatic carbocycles. The topological polar surface area (TPSA) is 45.9 Å². The number of aromatic nitrogens is 1. The van der Waals surface area contributed by atoms with E-state index in [1.807, 2.05) is 24.3 Å². The Labute approximate surface area is 117 Å². The zero-order valence-electron chi connectivity index (χ0n) is 11.5. The largest absolute Gasteiger partial charge is 0.496 e. The molecule has 4 heteroatoms. The molecule has 3 nitrogen and oxygen atoms in total. The van der Waals surface area contributed by atoms with Gasteiger partial charge in [0.15, 0.2) is 0 Å². The average molecular weight is 272 g/mol. The molecule has 0 bridgehead atoms. The lowest BCUT2D eigenvalue weighted by Gasteiger charge is -2.15. The van der Waals surface area contributed by atoms with Gasteiger partial charge >= 0.3 is 0 Å². The van der Waals surface area contributed by atoms with E-state index in [0.717, 1.165) is 22.0 Å². The molecule has 0 fully saturated rings. The summed E-state index contributed by atoms with van der Waals surface area (Å²) in [6, 6.07) is 9.98. The van der Waals surface area contributed by atoms with Crippen LogP contribution in [0.5, 0.6) is 5.75 Å². The Morgan fingerprint density at radius 3 is 2.47 bits per heavy atom. The van der Waals surface area contributed by atoms with Crippen LogP contribution in [-0.4, -0.2) is 12.1 Å². The third-order valence-electron chi connectivity index (χ3n) is 2.78. The van der Waals surface area contributed by atoms with Crippen molar-refractivity contribution in [2.75, 3.05) is 7.11 Å². The van der Waals surface area contributed by atoms with Gasteiger partial charge in [0.25, 0.3) is 0 Å². The molecule has 0 amide bonds. The fourth-order valence-corrected chi connectivity index (χ4v) is 2.94. The fourth-order valence-electron chi connectivity index (χ4n) is 1.84. The molecule has 0 N–H and O–H groups in total. The number of methoxy groups -OCH3 is 1. The molecule has 0 saturated carbocycles. The van der Waals surface area contributed by atoms with E-state index in [2.05, 4.69) is 31.8 Å². The Morgan fingerprint density at radius 1 is 1.26 bits per heavy atom. The second-order valence-electron chi connectivity index (χ2n) is 5.26. The van der Waals surface area contributed by atoms with Crippen LogP contribution in [0.15, 0.2) is 24.3 Å². The van der Waals surface area contributed by atoms with Crippen molar-refractivity contribution < 1.29 is 4.74 Å². The second kappa shape index (κ2) is 5.02. The maximum absolute atomic E-state index is 9.26. The summed E-state index contributed by atoms with van der Waals surface area (Å²) >= 11 is 1.42. The lowest BCUT2D eigenvalue weighted by molar-refractivity contribution is 0.416. The van der Waals surface area contributed by atoms with Crippen LogP contribution in [0.1, 0.15) is 31.3 Å². The van der Waals surface area contributed by atoms with Crippen molar-refractivity contribution in [1.82, 2.24) is 4.98 Å². The minimum Gasteiger partial charge on any atom is -0.496 e. The van der Waals surface area contributed by atoms with Gasteiger partial charge in [-0.1, -0.05) is 32.9 Å². The molecule has 19 heavy (non-hydrogen) atoms. The standard InChI is InChI=1S/C15H16N2OS/c1-15(2,3)13-12(9-16)19-14(17-13)10-7-5-6-8-11(10)18-4/h5-8H,1-4H3. The lowest BCUT2D eigenvalue weighted by atomic mass is 9.91. The molecule has 1 aromatic heterocycles. The monoisotopic (exact) mass is 272 g/mol. The third kappa shape index (κ3) is 2.61. The Balaban J connectivity index is 2.59. The van der Waals surface area contributed by atoms with Gasteiger partial charge in [-0.2, -0.15) is 5.26 Å². The SMILES string of the molecule is COc1ccccc1-c1nc(C(C)(C)C)c(C#N)s1. The minimum absolute atomic E-state index is 0.137. The molecule has 1 heterocycles. The lowest BCUT2D eigenvalue weighted by Crippen LogP contribution is -2.13. The summed E-state index contributed by atoms with van der Waals surface area (Å²) in [6.45, 7) is 6.19. The molecule has 0 unspecified atom stereocenters. The third-order valence-corrected chi connectivity index (χ3v) is 3.77. The first-order valence-corrected chi connectivity index (χ1v) is 6.84. The van der Waals surface area contributed by atoms with Gasteiger partial charge in [-0.3, -0.25) is 0 Å². The van der Waals surface area contributed by atoms with E-state index in [0.29, 0.717) is 4.88 Å². The molecule has 0 aliphatic carbocycles. The molecule has 0 atom stereocenters. The van der Waals surface area contributed by atoms with Crippen LogP contribution in [0.25, 0.3) is 10.6 Å². The van der Waals surface area contributed by atoms with E-state index < -0.39 is 0 Å². The van der Waals surface area contributed by atoms with Crippen molar-refractivity contribution in [2.24, 2.45) is 0 Å². The molecule has 0 saturated heterocycles. The quantitative estimate of drug-likeness (QED) is 0.830. The van der Waals surface area contributed by atoms with Gasteiger partial charge in [0.05, 0.1) is 18.4 Å². The highest BCUT2D eigenvalue weighted by molar-refractivity contribution is 7.15. The van der Waals surface area contributed by atoms with Gasteiger partial charge in [-0.15, -0.1) is 11.3 Å². The highest BCUT2D eigenvalue weighted by atomic mass is 32.1. The predicted octanol–water partition coefficient (Wildman–Crippen LogP) is 3.99. The van der Waals surface area contributed by atoms with Crippen LogP contribution in [-0.2, 0) is 5.41 Å². The van der Waals surface area contributed by atoms with E-state index in [9.17, 15) is 5.26 Å². The zero-order chi connectivity index (χ0) is 14.0. The first-order chi connectivity index (χ1) is 8.97. The molecule has 2 aromatic rings. The van der Waals surface area contributed by atoms with Gasteiger partial charge in [0, 0.05) is 5.41 Å². The van der Waals surface area contributed by atoms with E-state index in [1.54, 1.807) is 7.11 Å². The zero-order valence-corrected chi connectivity index (χ0v) is 12.3. The number of hydrogen-bond donors (Lipinski definition) is 0. The second-order valence-corrected chi connectivity index (χ2v) is 6.26. The molecule has 0 aliphatic heterocycles. The van der Waals surface area contributed by atoms with Gasteiger partial charge in [-0.05, 0) is 12.1 Å². The van der Waals surface area contributed by atoms with Gasteiger partial charge < -0.3 is 4.74 Å². The number of rotatable bonds is 2. The summed E-state index contributed by atoms with van der Waals surface area (Å²) < 4.78 is 5.35. The van der Waals surface area contributed by atoms with Crippen LogP contribution in [0, 0.1) is 11.3 Å². The summed E-state index contributed by atoms with van der Waals surface area (Å²) in [5, 5.41) is 10.1. The molecular weight excluding hydrogens is 256 g/mol. The van der Waals surface area contributed by atoms with Crippen LogP contribution in [0.3, 0.4) is 0 Å². The molecule has 0 spiro atoms. The van der Waals surface area contributed by atoms with Crippen molar-refractivity contribution in [3.8, 4) is 22.4 Å². The first-order valence-electron chi connectivity index (χ1n) is 6.02. The Kier molecular flexibility index (Phi) is 3.59. The Morgan fingerprint density at radius 2 is 1.95 bits per heavy atom. The first kappa shape index (κ1) is 13.6. The number of benzene rings is 1.